The first-order valence-electron chi connectivity index (χ1n) is 8.48. The lowest BCUT2D eigenvalue weighted by atomic mass is 9.82. The van der Waals surface area contributed by atoms with Gasteiger partial charge in [-0.1, -0.05) is 25.0 Å². The third-order valence-corrected chi connectivity index (χ3v) is 5.64. The third kappa shape index (κ3) is 2.30. The van der Waals surface area contributed by atoms with Gasteiger partial charge in [-0.05, 0) is 68.7 Å². The van der Waals surface area contributed by atoms with E-state index in [0.29, 0.717) is 6.04 Å². The van der Waals surface area contributed by atoms with Crippen LogP contribution in [0.4, 0.5) is 0 Å². The minimum absolute atomic E-state index is 0.401. The number of furan rings is 1. The maximum absolute atomic E-state index is 6.20. The molecule has 2 fully saturated rings. The molecule has 0 spiro atoms. The molecule has 4 rings (SSSR count). The van der Waals surface area contributed by atoms with Crippen molar-refractivity contribution in [1.29, 1.82) is 0 Å². The molecule has 1 aromatic carbocycles. The van der Waals surface area contributed by atoms with Crippen molar-refractivity contribution in [3.63, 3.8) is 0 Å². The first-order valence-corrected chi connectivity index (χ1v) is 8.48. The molecule has 4 atom stereocenters. The van der Waals surface area contributed by atoms with Crippen molar-refractivity contribution in [2.75, 3.05) is 6.54 Å². The van der Waals surface area contributed by atoms with Crippen LogP contribution in [0.1, 0.15) is 50.0 Å². The Bertz CT molecular complexity index is 644. The highest BCUT2D eigenvalue weighted by molar-refractivity contribution is 5.78. The number of hydrogen-bond acceptors (Lipinski definition) is 2. The van der Waals surface area contributed by atoms with E-state index >= 15 is 0 Å². The van der Waals surface area contributed by atoms with E-state index in [1.807, 2.05) is 0 Å². The lowest BCUT2D eigenvalue weighted by Gasteiger charge is -2.29. The summed E-state index contributed by atoms with van der Waals surface area (Å²) in [4.78, 5) is 0. The molecule has 2 aliphatic rings. The zero-order valence-electron chi connectivity index (χ0n) is 13.1. The van der Waals surface area contributed by atoms with Crippen LogP contribution in [0.25, 0.3) is 11.0 Å². The topological polar surface area (TPSA) is 25.2 Å². The Hall–Kier alpha value is -1.28. The lowest BCUT2D eigenvalue weighted by molar-refractivity contribution is 0.231. The summed E-state index contributed by atoms with van der Waals surface area (Å²) in [5.41, 5.74) is 2.33. The second-order valence-electron chi connectivity index (χ2n) is 7.06. The fraction of sp³-hybridized carbons (Fsp3) is 0.579. The molecule has 1 heterocycles. The second-order valence-corrected chi connectivity index (χ2v) is 7.06. The predicted octanol–water partition coefficient (Wildman–Crippen LogP) is 4.83. The zero-order valence-corrected chi connectivity index (χ0v) is 13.1. The molecule has 0 saturated heterocycles. The Labute approximate surface area is 126 Å². The van der Waals surface area contributed by atoms with Gasteiger partial charge in [-0.25, -0.2) is 0 Å². The van der Waals surface area contributed by atoms with Gasteiger partial charge in [-0.3, -0.25) is 0 Å². The summed E-state index contributed by atoms with van der Waals surface area (Å²) in [6, 6.07) is 9.14. The van der Waals surface area contributed by atoms with Crippen LogP contribution >= 0.6 is 0 Å². The largest absolute Gasteiger partial charge is 0.459 e. The van der Waals surface area contributed by atoms with Crippen molar-refractivity contribution in [3.8, 4) is 0 Å². The van der Waals surface area contributed by atoms with E-state index in [-0.39, 0.29) is 0 Å². The molecule has 2 aliphatic carbocycles. The molecule has 0 aliphatic heterocycles. The number of fused-ring (bicyclic) bond motifs is 3. The first kappa shape index (κ1) is 13.4. The Kier molecular flexibility index (Phi) is 3.30. The first-order chi connectivity index (χ1) is 10.2. The molecule has 2 nitrogen and oxygen atoms in total. The van der Waals surface area contributed by atoms with Crippen molar-refractivity contribution in [3.05, 3.63) is 35.6 Å². The van der Waals surface area contributed by atoms with E-state index in [1.165, 1.54) is 36.6 Å². The monoisotopic (exact) mass is 283 g/mol. The molecule has 2 bridgehead atoms. The Morgan fingerprint density at radius 2 is 2.14 bits per heavy atom. The van der Waals surface area contributed by atoms with Crippen LogP contribution in [0.15, 0.2) is 28.7 Å². The normalized spacial score (nSPS) is 29.3. The van der Waals surface area contributed by atoms with Crippen LogP contribution in [-0.2, 0) is 0 Å². The molecular weight excluding hydrogens is 258 g/mol. The molecule has 0 amide bonds. The maximum Gasteiger partial charge on any atom is 0.134 e. The fourth-order valence-electron chi connectivity index (χ4n) is 4.72. The highest BCUT2D eigenvalue weighted by atomic mass is 16.3. The zero-order chi connectivity index (χ0) is 14.4. The summed E-state index contributed by atoms with van der Waals surface area (Å²) in [5.74, 6) is 3.81. The van der Waals surface area contributed by atoms with Gasteiger partial charge in [-0.2, -0.15) is 0 Å². The van der Waals surface area contributed by atoms with Crippen LogP contribution in [0.2, 0.25) is 0 Å². The van der Waals surface area contributed by atoms with Gasteiger partial charge < -0.3 is 9.73 Å². The van der Waals surface area contributed by atoms with Crippen LogP contribution in [0, 0.1) is 24.7 Å². The molecule has 2 heteroatoms. The van der Waals surface area contributed by atoms with Gasteiger partial charge in [0.05, 0.1) is 6.04 Å². The molecule has 112 valence electrons. The second kappa shape index (κ2) is 5.17. The minimum atomic E-state index is 0.401. The van der Waals surface area contributed by atoms with Gasteiger partial charge in [0, 0.05) is 5.39 Å². The van der Waals surface area contributed by atoms with Crippen molar-refractivity contribution in [1.82, 2.24) is 5.32 Å². The van der Waals surface area contributed by atoms with Crippen LogP contribution in [-0.4, -0.2) is 6.54 Å². The maximum atomic E-state index is 6.20. The van der Waals surface area contributed by atoms with Crippen LogP contribution in [0.3, 0.4) is 0 Å². The van der Waals surface area contributed by atoms with E-state index in [0.717, 1.165) is 35.6 Å². The molecule has 2 saturated carbocycles. The number of hydrogen-bond donors (Lipinski definition) is 1. The van der Waals surface area contributed by atoms with E-state index in [2.05, 4.69) is 43.4 Å². The molecule has 21 heavy (non-hydrogen) atoms. The van der Waals surface area contributed by atoms with Crippen LogP contribution < -0.4 is 5.32 Å². The van der Waals surface area contributed by atoms with E-state index < -0.39 is 0 Å². The molecule has 2 aromatic rings. The Morgan fingerprint density at radius 1 is 1.24 bits per heavy atom. The average molecular weight is 283 g/mol. The van der Waals surface area contributed by atoms with Gasteiger partial charge >= 0.3 is 0 Å². The molecule has 1 aromatic heterocycles. The number of rotatable bonds is 4. The summed E-state index contributed by atoms with van der Waals surface area (Å²) in [7, 11) is 0. The minimum Gasteiger partial charge on any atom is -0.459 e. The Balaban J connectivity index is 1.68. The van der Waals surface area contributed by atoms with E-state index in [9.17, 15) is 0 Å². The van der Waals surface area contributed by atoms with Crippen molar-refractivity contribution in [2.45, 2.75) is 45.6 Å². The molecule has 4 unspecified atom stereocenters. The summed E-state index contributed by atoms with van der Waals surface area (Å²) >= 11 is 0. The summed E-state index contributed by atoms with van der Waals surface area (Å²) < 4.78 is 6.20. The van der Waals surface area contributed by atoms with E-state index in [4.69, 9.17) is 4.42 Å². The fourth-order valence-corrected chi connectivity index (χ4v) is 4.72. The molecular formula is C19H25NO. The Morgan fingerprint density at radius 3 is 2.86 bits per heavy atom. The summed E-state index contributed by atoms with van der Waals surface area (Å²) in [5, 5.41) is 4.95. The van der Waals surface area contributed by atoms with Gasteiger partial charge in [0.15, 0.2) is 0 Å². The average Bonchev–Trinajstić information content (AvgIpc) is 3.18. The smallest absolute Gasteiger partial charge is 0.134 e. The molecule has 0 radical (unpaired) electrons. The van der Waals surface area contributed by atoms with Crippen molar-refractivity contribution >= 4 is 11.0 Å². The van der Waals surface area contributed by atoms with Gasteiger partial charge in [-0.15, -0.1) is 0 Å². The summed E-state index contributed by atoms with van der Waals surface area (Å²) in [6.45, 7) is 5.35. The quantitative estimate of drug-likeness (QED) is 0.869. The summed E-state index contributed by atoms with van der Waals surface area (Å²) in [6.07, 6.45) is 5.72. The highest BCUT2D eigenvalue weighted by Crippen LogP contribution is 2.52. The number of benzene rings is 1. The third-order valence-electron chi connectivity index (χ3n) is 5.64. The van der Waals surface area contributed by atoms with E-state index in [1.54, 1.807) is 0 Å². The van der Waals surface area contributed by atoms with Gasteiger partial charge in [0.2, 0.25) is 0 Å². The molecule has 1 N–H and O–H groups in total. The van der Waals surface area contributed by atoms with Crippen molar-refractivity contribution < 1.29 is 4.42 Å². The van der Waals surface area contributed by atoms with Gasteiger partial charge in [0.1, 0.15) is 11.3 Å². The number of aryl methyl sites for hydroxylation is 1. The predicted molar refractivity (Wildman–Crippen MR) is 86.3 cm³/mol. The standard InChI is InChI=1S/C19H25NO/c1-3-20-19(16-10-13-5-6-14(16)9-13)18-11-15-8-12(2)4-7-17(15)21-18/h4,7-8,11,13-14,16,19-20H,3,5-6,9-10H2,1-2H3. The number of nitrogens with one attached hydrogen (secondary N) is 1. The highest BCUT2D eigenvalue weighted by Gasteiger charge is 2.44. The lowest BCUT2D eigenvalue weighted by Crippen LogP contribution is -2.31. The SMILES string of the molecule is CCNC(c1cc2cc(C)ccc2o1)C1CC2CCC1C2. The van der Waals surface area contributed by atoms with Crippen LogP contribution in [0.5, 0.6) is 0 Å². The van der Waals surface area contributed by atoms with Crippen molar-refractivity contribution in [2.24, 2.45) is 17.8 Å². The van der Waals surface area contributed by atoms with Gasteiger partial charge in [0.25, 0.3) is 0 Å².